The van der Waals surface area contributed by atoms with Crippen molar-refractivity contribution >= 4 is 5.82 Å². The Kier molecular flexibility index (Phi) is 4.22. The number of pyridine rings is 1. The molecule has 5 heteroatoms. The molecule has 0 bridgehead atoms. The summed E-state index contributed by atoms with van der Waals surface area (Å²) in [5.74, 6) is 3.71. The summed E-state index contributed by atoms with van der Waals surface area (Å²) in [4.78, 5) is 8.85. The summed E-state index contributed by atoms with van der Waals surface area (Å²) in [5, 5.41) is 7.47. The number of nitrogens with one attached hydrogen (secondary N) is 1. The fourth-order valence-corrected chi connectivity index (χ4v) is 3.06. The topological polar surface area (TPSA) is 63.8 Å². The number of anilines is 1. The van der Waals surface area contributed by atoms with E-state index in [9.17, 15) is 0 Å². The van der Waals surface area contributed by atoms with Gasteiger partial charge in [-0.25, -0.2) is 4.98 Å². The van der Waals surface area contributed by atoms with Gasteiger partial charge in [-0.3, -0.25) is 0 Å². The normalized spacial score (nSPS) is 19.2. The van der Waals surface area contributed by atoms with Crippen LogP contribution in [0, 0.1) is 5.92 Å². The van der Waals surface area contributed by atoms with Crippen molar-refractivity contribution in [2.75, 3.05) is 11.9 Å². The van der Waals surface area contributed by atoms with E-state index in [1.54, 1.807) is 6.20 Å². The summed E-state index contributed by atoms with van der Waals surface area (Å²) in [6.07, 6.45) is 3.01. The Bertz CT molecular complexity index is 844. The van der Waals surface area contributed by atoms with Crippen molar-refractivity contribution in [2.45, 2.75) is 32.1 Å². The molecule has 25 heavy (non-hydrogen) atoms. The molecule has 0 saturated heterocycles. The van der Waals surface area contributed by atoms with Gasteiger partial charge in [0, 0.05) is 24.2 Å². The number of rotatable bonds is 6. The van der Waals surface area contributed by atoms with Crippen LogP contribution in [0.4, 0.5) is 5.82 Å². The molecule has 3 aromatic rings. The molecule has 1 aromatic carbocycles. The van der Waals surface area contributed by atoms with E-state index in [1.165, 1.54) is 12.0 Å². The first-order chi connectivity index (χ1) is 12.2. The minimum absolute atomic E-state index is 0.252. The van der Waals surface area contributed by atoms with Crippen LogP contribution in [0.1, 0.15) is 43.5 Å². The molecule has 2 atom stereocenters. The van der Waals surface area contributed by atoms with E-state index in [4.69, 9.17) is 4.52 Å². The second-order valence-electron chi connectivity index (χ2n) is 6.94. The van der Waals surface area contributed by atoms with Crippen molar-refractivity contribution in [2.24, 2.45) is 5.92 Å². The van der Waals surface area contributed by atoms with Crippen LogP contribution in [0.15, 0.2) is 53.2 Å². The predicted molar refractivity (Wildman–Crippen MR) is 97.4 cm³/mol. The minimum Gasteiger partial charge on any atom is -0.370 e. The minimum atomic E-state index is 0.252. The summed E-state index contributed by atoms with van der Waals surface area (Å²) < 4.78 is 5.36. The van der Waals surface area contributed by atoms with Crippen molar-refractivity contribution in [3.63, 3.8) is 0 Å². The lowest BCUT2D eigenvalue weighted by molar-refractivity contribution is 0.419. The van der Waals surface area contributed by atoms with Gasteiger partial charge in [0.05, 0.1) is 0 Å². The van der Waals surface area contributed by atoms with Crippen LogP contribution < -0.4 is 5.32 Å². The molecule has 2 heterocycles. The Hall–Kier alpha value is -2.69. The van der Waals surface area contributed by atoms with E-state index >= 15 is 0 Å². The van der Waals surface area contributed by atoms with Gasteiger partial charge in [0.1, 0.15) is 5.82 Å². The largest absolute Gasteiger partial charge is 0.370 e. The van der Waals surface area contributed by atoms with Crippen molar-refractivity contribution in [1.82, 2.24) is 15.1 Å². The van der Waals surface area contributed by atoms with Crippen LogP contribution in [-0.4, -0.2) is 21.7 Å². The summed E-state index contributed by atoms with van der Waals surface area (Å²) in [6.45, 7) is 5.02. The summed E-state index contributed by atoms with van der Waals surface area (Å²) in [7, 11) is 0. The number of hydrogen-bond acceptors (Lipinski definition) is 5. The zero-order chi connectivity index (χ0) is 17.2. The molecule has 4 rings (SSSR count). The van der Waals surface area contributed by atoms with E-state index in [0.29, 0.717) is 17.7 Å². The van der Waals surface area contributed by atoms with Crippen LogP contribution >= 0.6 is 0 Å². The first kappa shape index (κ1) is 15.8. The fraction of sp³-hybridized carbons (Fsp3) is 0.350. The zero-order valence-electron chi connectivity index (χ0n) is 14.5. The zero-order valence-corrected chi connectivity index (χ0v) is 14.5. The van der Waals surface area contributed by atoms with E-state index < -0.39 is 0 Å². The molecule has 1 aliphatic carbocycles. The molecule has 1 N–H and O–H groups in total. The molecular weight excluding hydrogens is 312 g/mol. The van der Waals surface area contributed by atoms with Gasteiger partial charge in [0.15, 0.2) is 5.82 Å². The molecule has 1 fully saturated rings. The molecule has 5 nitrogen and oxygen atoms in total. The Morgan fingerprint density at radius 2 is 2.04 bits per heavy atom. The van der Waals surface area contributed by atoms with E-state index in [2.05, 4.69) is 50.8 Å². The van der Waals surface area contributed by atoms with E-state index in [-0.39, 0.29) is 5.92 Å². The average Bonchev–Trinajstić information content (AvgIpc) is 3.25. The van der Waals surface area contributed by atoms with Crippen LogP contribution in [0.2, 0.25) is 0 Å². The second-order valence-corrected chi connectivity index (χ2v) is 6.94. The third-order valence-electron chi connectivity index (χ3n) is 4.66. The van der Waals surface area contributed by atoms with Gasteiger partial charge in [-0.1, -0.05) is 49.3 Å². The molecule has 2 aromatic heterocycles. The molecule has 0 radical (unpaired) electrons. The van der Waals surface area contributed by atoms with Crippen molar-refractivity contribution < 1.29 is 4.52 Å². The van der Waals surface area contributed by atoms with Crippen LogP contribution in [0.5, 0.6) is 0 Å². The Morgan fingerprint density at radius 1 is 1.20 bits per heavy atom. The van der Waals surface area contributed by atoms with Crippen LogP contribution in [0.25, 0.3) is 11.5 Å². The van der Waals surface area contributed by atoms with Gasteiger partial charge in [-0.05, 0) is 36.0 Å². The molecule has 1 saturated carbocycles. The van der Waals surface area contributed by atoms with E-state index in [0.717, 1.165) is 23.8 Å². The van der Waals surface area contributed by atoms with E-state index in [1.807, 2.05) is 26.0 Å². The standard InChI is InChI=1S/C20H22N4O/c1-13(2)19-23-20(25-24-19)15-8-9-21-18(11-15)22-12-16-10-17(16)14-6-4-3-5-7-14/h3-9,11,13,16-17H,10,12H2,1-2H3,(H,21,22). The monoisotopic (exact) mass is 334 g/mol. The predicted octanol–water partition coefficient (Wildman–Crippen LogP) is 4.47. The highest BCUT2D eigenvalue weighted by Crippen LogP contribution is 2.47. The Morgan fingerprint density at radius 3 is 2.80 bits per heavy atom. The molecule has 128 valence electrons. The maximum Gasteiger partial charge on any atom is 0.258 e. The Balaban J connectivity index is 1.39. The summed E-state index contributed by atoms with van der Waals surface area (Å²) >= 11 is 0. The first-order valence-electron chi connectivity index (χ1n) is 8.79. The molecular formula is C20H22N4O. The highest BCUT2D eigenvalue weighted by molar-refractivity contribution is 5.58. The quantitative estimate of drug-likeness (QED) is 0.720. The van der Waals surface area contributed by atoms with Crippen LogP contribution in [0.3, 0.4) is 0 Å². The van der Waals surface area contributed by atoms with Gasteiger partial charge in [0.2, 0.25) is 0 Å². The number of benzene rings is 1. The average molecular weight is 334 g/mol. The SMILES string of the molecule is CC(C)c1noc(-c2ccnc(NCC3CC3c3ccccc3)c2)n1. The fourth-order valence-electron chi connectivity index (χ4n) is 3.06. The molecule has 2 unspecified atom stereocenters. The number of nitrogens with zero attached hydrogens (tertiary/aromatic N) is 3. The highest BCUT2D eigenvalue weighted by Gasteiger charge is 2.37. The summed E-state index contributed by atoms with van der Waals surface area (Å²) in [5.41, 5.74) is 2.33. The molecule has 0 spiro atoms. The first-order valence-corrected chi connectivity index (χ1v) is 8.79. The maximum absolute atomic E-state index is 5.36. The van der Waals surface area contributed by atoms with Gasteiger partial charge >= 0.3 is 0 Å². The molecule has 0 amide bonds. The highest BCUT2D eigenvalue weighted by atomic mass is 16.5. The van der Waals surface area contributed by atoms with Crippen LogP contribution in [-0.2, 0) is 0 Å². The smallest absolute Gasteiger partial charge is 0.258 e. The second kappa shape index (κ2) is 6.67. The van der Waals surface area contributed by atoms with Gasteiger partial charge in [0.25, 0.3) is 5.89 Å². The van der Waals surface area contributed by atoms with Crippen molar-refractivity contribution in [3.05, 3.63) is 60.0 Å². The Labute approximate surface area is 147 Å². The maximum atomic E-state index is 5.36. The third-order valence-corrected chi connectivity index (χ3v) is 4.66. The number of hydrogen-bond donors (Lipinski definition) is 1. The lowest BCUT2D eigenvalue weighted by Gasteiger charge is -2.06. The lowest BCUT2D eigenvalue weighted by atomic mass is 10.1. The van der Waals surface area contributed by atoms with Gasteiger partial charge < -0.3 is 9.84 Å². The lowest BCUT2D eigenvalue weighted by Crippen LogP contribution is -2.06. The van der Waals surface area contributed by atoms with Gasteiger partial charge in [-0.2, -0.15) is 4.98 Å². The molecule has 1 aliphatic rings. The van der Waals surface area contributed by atoms with Crippen molar-refractivity contribution in [3.8, 4) is 11.5 Å². The summed E-state index contributed by atoms with van der Waals surface area (Å²) in [6, 6.07) is 14.6. The third kappa shape index (κ3) is 3.55. The number of aromatic nitrogens is 3. The van der Waals surface area contributed by atoms with Gasteiger partial charge in [-0.15, -0.1) is 0 Å². The van der Waals surface area contributed by atoms with Crippen molar-refractivity contribution in [1.29, 1.82) is 0 Å². The molecule has 0 aliphatic heterocycles.